The topological polar surface area (TPSA) is 102 Å². The number of aryl methyl sites for hydroxylation is 2. The number of hydrazine groups is 1. The summed E-state index contributed by atoms with van der Waals surface area (Å²) in [5.41, 5.74) is 9.44. The normalized spacial score (nSPS) is 10.6. The number of carbonyl (C=O) groups excluding carboxylic acids is 2. The Labute approximate surface area is 191 Å². The van der Waals surface area contributed by atoms with E-state index in [9.17, 15) is 9.59 Å². The number of nitrogens with zero attached hydrogens (tertiary/aromatic N) is 4. The van der Waals surface area contributed by atoms with Gasteiger partial charge in [-0.1, -0.05) is 72.3 Å². The van der Waals surface area contributed by atoms with Gasteiger partial charge in [0.1, 0.15) is 0 Å². The number of carbonyl (C=O) groups is 2. The van der Waals surface area contributed by atoms with Crippen LogP contribution in [-0.4, -0.2) is 32.0 Å². The Morgan fingerprint density at radius 2 is 1.55 bits per heavy atom. The molecule has 0 saturated heterocycles. The Hall–Kier alpha value is -4.33. The molecule has 8 heteroatoms. The zero-order valence-corrected chi connectivity index (χ0v) is 18.2. The fourth-order valence-electron chi connectivity index (χ4n) is 3.21. The number of hydrogen-bond acceptors (Lipinski definition) is 5. The molecular weight excluding hydrogens is 416 g/mol. The van der Waals surface area contributed by atoms with Gasteiger partial charge in [-0.05, 0) is 41.8 Å². The van der Waals surface area contributed by atoms with Crippen LogP contribution in [0.5, 0.6) is 0 Å². The summed E-state index contributed by atoms with van der Waals surface area (Å²) in [6.45, 7) is 2.45. The van der Waals surface area contributed by atoms with E-state index < -0.39 is 0 Å². The van der Waals surface area contributed by atoms with Gasteiger partial charge < -0.3 is 0 Å². The zero-order valence-electron chi connectivity index (χ0n) is 18.2. The number of benzene rings is 3. The first-order valence-corrected chi connectivity index (χ1v) is 10.6. The molecule has 2 N–H and O–H groups in total. The van der Waals surface area contributed by atoms with Crippen LogP contribution in [0.1, 0.15) is 33.5 Å². The van der Waals surface area contributed by atoms with E-state index in [4.69, 9.17) is 0 Å². The lowest BCUT2D eigenvalue weighted by molar-refractivity contribution is -0.121. The van der Waals surface area contributed by atoms with Crippen molar-refractivity contribution in [2.45, 2.75) is 26.3 Å². The van der Waals surface area contributed by atoms with Gasteiger partial charge in [-0.25, -0.2) is 0 Å². The summed E-state index contributed by atoms with van der Waals surface area (Å²) in [4.78, 5) is 25.9. The predicted octanol–water partition coefficient (Wildman–Crippen LogP) is 3.09. The first kappa shape index (κ1) is 21.9. The summed E-state index contributed by atoms with van der Waals surface area (Å²) < 4.78 is 0. The molecule has 0 unspecified atom stereocenters. The molecule has 1 heterocycles. The van der Waals surface area contributed by atoms with Crippen LogP contribution < -0.4 is 10.9 Å². The van der Waals surface area contributed by atoms with Gasteiger partial charge in [0, 0.05) is 17.5 Å². The Bertz CT molecular complexity index is 1220. The van der Waals surface area contributed by atoms with Gasteiger partial charge in [0.25, 0.3) is 5.91 Å². The molecule has 0 fully saturated rings. The first-order valence-electron chi connectivity index (χ1n) is 10.6. The molecule has 0 radical (unpaired) electrons. The molecule has 2 amide bonds. The maximum Gasteiger partial charge on any atom is 0.269 e. The highest BCUT2D eigenvalue weighted by molar-refractivity contribution is 5.95. The van der Waals surface area contributed by atoms with Crippen LogP contribution in [-0.2, 0) is 17.8 Å². The van der Waals surface area contributed by atoms with Gasteiger partial charge in [0.05, 0.1) is 6.54 Å². The van der Waals surface area contributed by atoms with E-state index in [2.05, 4.69) is 26.3 Å². The number of rotatable bonds is 7. The first-order chi connectivity index (χ1) is 16.1. The maximum absolute atomic E-state index is 12.3. The molecule has 0 bridgehead atoms. The maximum atomic E-state index is 12.3. The van der Waals surface area contributed by atoms with Gasteiger partial charge in [0.2, 0.25) is 11.7 Å². The van der Waals surface area contributed by atoms with Gasteiger partial charge in [0.15, 0.2) is 0 Å². The summed E-state index contributed by atoms with van der Waals surface area (Å²) in [7, 11) is 0. The minimum absolute atomic E-state index is 0.243. The lowest BCUT2D eigenvalue weighted by Crippen LogP contribution is -2.41. The van der Waals surface area contributed by atoms with E-state index in [0.29, 0.717) is 24.4 Å². The SMILES string of the molecule is Cc1ccc(CCC(=O)NNC(=O)c2ccc(Cn3nnc(-c4ccccc4)n3)cc2)cc1. The summed E-state index contributed by atoms with van der Waals surface area (Å²) in [5.74, 6) is -0.0628. The van der Waals surface area contributed by atoms with Crippen LogP contribution in [0.15, 0.2) is 78.9 Å². The van der Waals surface area contributed by atoms with E-state index in [-0.39, 0.29) is 18.2 Å². The van der Waals surface area contributed by atoms with Crippen LogP contribution in [0.3, 0.4) is 0 Å². The molecule has 0 aliphatic rings. The van der Waals surface area contributed by atoms with Crippen molar-refractivity contribution in [3.8, 4) is 11.4 Å². The zero-order chi connectivity index (χ0) is 23.0. The third-order valence-electron chi connectivity index (χ3n) is 5.10. The number of amides is 2. The van der Waals surface area contributed by atoms with E-state index in [1.807, 2.05) is 73.7 Å². The van der Waals surface area contributed by atoms with Gasteiger partial charge in [-0.2, -0.15) is 4.80 Å². The second-order valence-electron chi connectivity index (χ2n) is 7.69. The number of aromatic nitrogens is 4. The molecule has 4 aromatic rings. The number of hydrogen-bond donors (Lipinski definition) is 2. The summed E-state index contributed by atoms with van der Waals surface area (Å²) in [6, 6.07) is 24.7. The van der Waals surface area contributed by atoms with E-state index in [1.165, 1.54) is 10.4 Å². The molecule has 1 aromatic heterocycles. The van der Waals surface area contributed by atoms with Crippen molar-refractivity contribution in [3.05, 3.63) is 101 Å². The Kier molecular flexibility index (Phi) is 6.84. The molecule has 3 aromatic carbocycles. The fourth-order valence-corrected chi connectivity index (χ4v) is 3.21. The molecular formula is C25H24N6O2. The molecule has 0 aliphatic heterocycles. The quantitative estimate of drug-likeness (QED) is 0.430. The lowest BCUT2D eigenvalue weighted by atomic mass is 10.1. The summed E-state index contributed by atoms with van der Waals surface area (Å²) >= 11 is 0. The molecule has 8 nitrogen and oxygen atoms in total. The van der Waals surface area contributed by atoms with Gasteiger partial charge >= 0.3 is 0 Å². The summed E-state index contributed by atoms with van der Waals surface area (Å²) in [6.07, 6.45) is 0.900. The fraction of sp³-hybridized carbons (Fsp3) is 0.160. The van der Waals surface area contributed by atoms with Crippen molar-refractivity contribution in [1.82, 2.24) is 31.1 Å². The lowest BCUT2D eigenvalue weighted by Gasteiger charge is -2.08. The molecule has 4 rings (SSSR count). The largest absolute Gasteiger partial charge is 0.273 e. The van der Waals surface area contributed by atoms with Gasteiger partial charge in [-0.15, -0.1) is 10.2 Å². The minimum Gasteiger partial charge on any atom is -0.273 e. The smallest absolute Gasteiger partial charge is 0.269 e. The number of tetrazole rings is 1. The van der Waals surface area contributed by atoms with E-state index in [1.54, 1.807) is 12.1 Å². The van der Waals surface area contributed by atoms with Crippen molar-refractivity contribution in [1.29, 1.82) is 0 Å². The third kappa shape index (κ3) is 6.10. The van der Waals surface area contributed by atoms with Crippen molar-refractivity contribution in [2.24, 2.45) is 0 Å². The highest BCUT2D eigenvalue weighted by Gasteiger charge is 2.09. The van der Waals surface area contributed by atoms with Gasteiger partial charge in [-0.3, -0.25) is 20.4 Å². The molecule has 0 atom stereocenters. The number of nitrogens with one attached hydrogen (secondary N) is 2. The average molecular weight is 441 g/mol. The Balaban J connectivity index is 1.25. The molecule has 0 spiro atoms. The van der Waals surface area contributed by atoms with Crippen molar-refractivity contribution in [2.75, 3.05) is 0 Å². The molecule has 0 aliphatic carbocycles. The third-order valence-corrected chi connectivity index (χ3v) is 5.10. The van der Waals surface area contributed by atoms with Crippen LogP contribution >= 0.6 is 0 Å². The highest BCUT2D eigenvalue weighted by Crippen LogP contribution is 2.13. The molecule has 166 valence electrons. The minimum atomic E-state index is -0.379. The predicted molar refractivity (Wildman–Crippen MR) is 124 cm³/mol. The average Bonchev–Trinajstić information content (AvgIpc) is 3.31. The highest BCUT2D eigenvalue weighted by atomic mass is 16.2. The summed E-state index contributed by atoms with van der Waals surface area (Å²) in [5, 5.41) is 12.6. The second kappa shape index (κ2) is 10.3. The van der Waals surface area contributed by atoms with Crippen molar-refractivity contribution < 1.29 is 9.59 Å². The monoisotopic (exact) mass is 440 g/mol. The van der Waals surface area contributed by atoms with Crippen LogP contribution in [0.25, 0.3) is 11.4 Å². The molecule has 33 heavy (non-hydrogen) atoms. The van der Waals surface area contributed by atoms with Crippen LogP contribution in [0.2, 0.25) is 0 Å². The van der Waals surface area contributed by atoms with E-state index >= 15 is 0 Å². The standard InChI is InChI=1S/C25H24N6O2/c1-18-7-9-19(10-8-18)13-16-23(32)26-28-25(33)22-14-11-20(12-15-22)17-31-29-24(27-30-31)21-5-3-2-4-6-21/h2-12,14-15H,13,16-17H2,1H3,(H,26,32)(H,28,33). The Morgan fingerprint density at radius 1 is 0.848 bits per heavy atom. The van der Waals surface area contributed by atoms with E-state index in [0.717, 1.165) is 16.7 Å². The Morgan fingerprint density at radius 3 is 2.27 bits per heavy atom. The van der Waals surface area contributed by atoms with Crippen molar-refractivity contribution >= 4 is 11.8 Å². The molecule has 0 saturated carbocycles. The van der Waals surface area contributed by atoms with Crippen LogP contribution in [0.4, 0.5) is 0 Å². The second-order valence-corrected chi connectivity index (χ2v) is 7.69. The van der Waals surface area contributed by atoms with Crippen LogP contribution in [0, 0.1) is 6.92 Å². The van der Waals surface area contributed by atoms with Crippen molar-refractivity contribution in [3.63, 3.8) is 0 Å².